The summed E-state index contributed by atoms with van der Waals surface area (Å²) in [5.74, 6) is -2.11. The van der Waals surface area contributed by atoms with Crippen LogP contribution in [-0.4, -0.2) is 59.0 Å². The van der Waals surface area contributed by atoms with Gasteiger partial charge in [0.2, 0.25) is 0 Å². The molecule has 10 heteroatoms. The zero-order valence-electron chi connectivity index (χ0n) is 17.5. The zero-order chi connectivity index (χ0) is 21.9. The van der Waals surface area contributed by atoms with E-state index >= 15 is 0 Å². The van der Waals surface area contributed by atoms with E-state index in [1.807, 2.05) is 6.92 Å². The number of carbonyl (C=O) groups is 5. The Kier molecular flexibility index (Phi) is 6.62. The van der Waals surface area contributed by atoms with Gasteiger partial charge in [-0.05, 0) is 38.5 Å². The predicted molar refractivity (Wildman–Crippen MR) is 105 cm³/mol. The lowest BCUT2D eigenvalue weighted by atomic mass is 9.73. The topological polar surface area (TPSA) is 134 Å². The van der Waals surface area contributed by atoms with Crippen LogP contribution in [0.4, 0.5) is 9.59 Å². The van der Waals surface area contributed by atoms with E-state index in [2.05, 4.69) is 16.0 Å². The van der Waals surface area contributed by atoms with E-state index in [4.69, 9.17) is 4.74 Å². The molecule has 1 spiro atoms. The van der Waals surface area contributed by atoms with Crippen LogP contribution in [0, 0.1) is 5.92 Å². The number of hydrogen-bond donors (Lipinski definition) is 3. The fraction of sp³-hybridized carbons (Fsp3) is 0.750. The maximum atomic E-state index is 12.9. The van der Waals surface area contributed by atoms with E-state index in [0.717, 1.165) is 49.8 Å². The molecule has 1 saturated heterocycles. The molecule has 3 fully saturated rings. The Bertz CT molecular complexity index is 735. The van der Waals surface area contributed by atoms with Gasteiger partial charge in [-0.25, -0.2) is 9.59 Å². The first-order chi connectivity index (χ1) is 14.2. The summed E-state index contributed by atoms with van der Waals surface area (Å²) in [6.07, 6.45) is 5.77. The van der Waals surface area contributed by atoms with Crippen molar-refractivity contribution in [1.29, 1.82) is 0 Å². The minimum absolute atomic E-state index is 0.0215. The monoisotopic (exact) mass is 422 g/mol. The van der Waals surface area contributed by atoms with E-state index in [0.29, 0.717) is 6.42 Å². The molecule has 2 saturated carbocycles. The van der Waals surface area contributed by atoms with Crippen LogP contribution in [0.25, 0.3) is 0 Å². The van der Waals surface area contributed by atoms with Crippen LogP contribution in [0.2, 0.25) is 0 Å². The molecule has 3 N–H and O–H groups in total. The van der Waals surface area contributed by atoms with Crippen LogP contribution >= 0.6 is 0 Å². The van der Waals surface area contributed by atoms with Gasteiger partial charge < -0.3 is 15.4 Å². The fourth-order valence-corrected chi connectivity index (χ4v) is 4.56. The second-order valence-electron chi connectivity index (χ2n) is 8.52. The predicted octanol–water partition coefficient (Wildman–Crippen LogP) is 1.19. The molecule has 0 aromatic heterocycles. The normalized spacial score (nSPS) is 27.7. The molecule has 166 valence electrons. The maximum absolute atomic E-state index is 12.9. The highest BCUT2D eigenvalue weighted by Gasteiger charge is 2.55. The van der Waals surface area contributed by atoms with E-state index in [1.165, 1.54) is 6.92 Å². The Morgan fingerprint density at radius 2 is 1.83 bits per heavy atom. The largest absolute Gasteiger partial charge is 0.451 e. The van der Waals surface area contributed by atoms with Gasteiger partial charge in [-0.1, -0.05) is 32.6 Å². The van der Waals surface area contributed by atoms with Crippen LogP contribution in [0.1, 0.15) is 65.2 Å². The van der Waals surface area contributed by atoms with Gasteiger partial charge in [0, 0.05) is 6.04 Å². The quantitative estimate of drug-likeness (QED) is 0.450. The smallest absolute Gasteiger partial charge is 0.327 e. The lowest BCUT2D eigenvalue weighted by Crippen LogP contribution is -2.54. The summed E-state index contributed by atoms with van der Waals surface area (Å²) in [5, 5.41) is 7.62. The Morgan fingerprint density at radius 3 is 2.50 bits per heavy atom. The van der Waals surface area contributed by atoms with Crippen molar-refractivity contribution in [3.63, 3.8) is 0 Å². The van der Waals surface area contributed by atoms with Crippen molar-refractivity contribution >= 4 is 29.8 Å². The maximum Gasteiger partial charge on any atom is 0.327 e. The van der Waals surface area contributed by atoms with E-state index in [9.17, 15) is 24.0 Å². The molecule has 3 rings (SSSR count). The van der Waals surface area contributed by atoms with Crippen molar-refractivity contribution in [2.24, 2.45) is 5.92 Å². The highest BCUT2D eigenvalue weighted by molar-refractivity contribution is 6.09. The number of ether oxygens (including phenoxy) is 1. The number of esters is 1. The molecule has 3 atom stereocenters. The fourth-order valence-electron chi connectivity index (χ4n) is 4.56. The molecule has 2 aliphatic carbocycles. The standard InChI is InChI=1S/C20H30N4O6/c1-12-7-5-6-10-20(12)17(27)24(19(29)23-20)11-15(25)30-13(2)16(26)22-18(28)21-14-8-3-4-9-14/h12-14H,3-11H2,1-2H3,(H,23,29)(H2,21,22,26,28)/t12-,13+,20-/m1/s1. The summed E-state index contributed by atoms with van der Waals surface area (Å²) < 4.78 is 5.04. The molecular formula is C20H30N4O6. The molecule has 0 radical (unpaired) electrons. The summed E-state index contributed by atoms with van der Waals surface area (Å²) >= 11 is 0. The second kappa shape index (κ2) is 9.01. The first-order valence-electron chi connectivity index (χ1n) is 10.7. The number of amides is 6. The summed E-state index contributed by atoms with van der Waals surface area (Å²) in [6, 6.07) is -1.21. The zero-order valence-corrected chi connectivity index (χ0v) is 17.5. The summed E-state index contributed by atoms with van der Waals surface area (Å²) in [7, 11) is 0. The molecule has 6 amide bonds. The van der Waals surface area contributed by atoms with Crippen LogP contribution in [0.3, 0.4) is 0 Å². The molecule has 0 bridgehead atoms. The van der Waals surface area contributed by atoms with Crippen LogP contribution in [-0.2, 0) is 19.1 Å². The van der Waals surface area contributed by atoms with Gasteiger partial charge in [-0.3, -0.25) is 24.6 Å². The van der Waals surface area contributed by atoms with Crippen LogP contribution < -0.4 is 16.0 Å². The number of imide groups is 2. The number of hydrogen-bond acceptors (Lipinski definition) is 6. The molecule has 0 aromatic carbocycles. The van der Waals surface area contributed by atoms with Crippen LogP contribution in [0.5, 0.6) is 0 Å². The Hall–Kier alpha value is -2.65. The summed E-state index contributed by atoms with van der Waals surface area (Å²) in [6.45, 7) is 2.67. The lowest BCUT2D eigenvalue weighted by Gasteiger charge is -2.36. The number of carbonyl (C=O) groups excluding carboxylic acids is 5. The molecule has 3 aliphatic rings. The Labute approximate surface area is 175 Å². The van der Waals surface area contributed by atoms with Gasteiger partial charge in [0.25, 0.3) is 11.8 Å². The van der Waals surface area contributed by atoms with Gasteiger partial charge in [-0.2, -0.15) is 0 Å². The summed E-state index contributed by atoms with van der Waals surface area (Å²) in [5.41, 5.74) is -0.961. The molecule has 1 heterocycles. The molecule has 0 unspecified atom stereocenters. The average Bonchev–Trinajstić information content (AvgIpc) is 3.27. The molecule has 30 heavy (non-hydrogen) atoms. The Morgan fingerprint density at radius 1 is 1.17 bits per heavy atom. The van der Waals surface area contributed by atoms with E-state index in [-0.39, 0.29) is 12.0 Å². The highest BCUT2D eigenvalue weighted by Crippen LogP contribution is 2.38. The first kappa shape index (κ1) is 22.0. The first-order valence-corrected chi connectivity index (χ1v) is 10.7. The minimum Gasteiger partial charge on any atom is -0.451 e. The second-order valence-corrected chi connectivity index (χ2v) is 8.52. The SMILES string of the molecule is C[C@H](OC(=O)CN1C(=O)N[C@@]2(CCCC[C@H]2C)C1=O)C(=O)NC(=O)NC1CCCC1. The van der Waals surface area contributed by atoms with Crippen LogP contribution in [0.15, 0.2) is 0 Å². The highest BCUT2D eigenvalue weighted by atomic mass is 16.5. The third kappa shape index (κ3) is 4.57. The number of nitrogens with one attached hydrogen (secondary N) is 3. The molecular weight excluding hydrogens is 392 g/mol. The number of rotatable bonds is 5. The minimum atomic E-state index is -1.24. The van der Waals surface area contributed by atoms with Crippen molar-refractivity contribution in [2.45, 2.75) is 82.9 Å². The van der Waals surface area contributed by atoms with Crippen molar-refractivity contribution in [3.05, 3.63) is 0 Å². The van der Waals surface area contributed by atoms with Gasteiger partial charge in [0.1, 0.15) is 12.1 Å². The van der Waals surface area contributed by atoms with Crippen molar-refractivity contribution in [1.82, 2.24) is 20.9 Å². The Balaban J connectivity index is 1.49. The van der Waals surface area contributed by atoms with Crippen molar-refractivity contribution in [3.8, 4) is 0 Å². The lowest BCUT2D eigenvalue weighted by molar-refractivity contribution is -0.156. The summed E-state index contributed by atoms with van der Waals surface area (Å²) in [4.78, 5) is 62.3. The molecule has 10 nitrogen and oxygen atoms in total. The van der Waals surface area contributed by atoms with Gasteiger partial charge in [0.05, 0.1) is 0 Å². The average molecular weight is 422 g/mol. The molecule has 0 aromatic rings. The third-order valence-electron chi connectivity index (χ3n) is 6.39. The van der Waals surface area contributed by atoms with Gasteiger partial charge >= 0.3 is 18.0 Å². The third-order valence-corrected chi connectivity index (χ3v) is 6.39. The van der Waals surface area contributed by atoms with Gasteiger partial charge in [0.15, 0.2) is 6.10 Å². The van der Waals surface area contributed by atoms with E-state index < -0.39 is 48.0 Å². The van der Waals surface area contributed by atoms with Crippen molar-refractivity contribution < 1.29 is 28.7 Å². The number of nitrogens with zero attached hydrogens (tertiary/aromatic N) is 1. The van der Waals surface area contributed by atoms with Gasteiger partial charge in [-0.15, -0.1) is 0 Å². The van der Waals surface area contributed by atoms with Crippen molar-refractivity contribution in [2.75, 3.05) is 6.54 Å². The van der Waals surface area contributed by atoms with E-state index in [1.54, 1.807) is 0 Å². The molecule has 1 aliphatic heterocycles. The number of urea groups is 2.